The van der Waals surface area contributed by atoms with Crippen molar-refractivity contribution in [3.05, 3.63) is 0 Å². The zero-order valence-corrected chi connectivity index (χ0v) is 12.1. The Balaban J connectivity index is 0. The summed E-state index contributed by atoms with van der Waals surface area (Å²) in [5.74, 6) is 0. The van der Waals surface area contributed by atoms with Crippen molar-refractivity contribution in [1.82, 2.24) is 4.90 Å². The molecule has 1 rings (SSSR count). The first-order valence-electron chi connectivity index (χ1n) is 7.17. The maximum absolute atomic E-state index is 10.1. The van der Waals surface area contributed by atoms with Gasteiger partial charge in [0, 0.05) is 6.42 Å². The zero-order valence-electron chi connectivity index (χ0n) is 12.1. The lowest BCUT2D eigenvalue weighted by atomic mass is 10.1. The topological polar surface area (TPSA) is 46.3 Å². The molecule has 0 spiro atoms. The fraction of sp³-hybridized carbons (Fsp3) is 0.929. The molecule has 0 unspecified atom stereocenters. The van der Waals surface area contributed by atoms with E-state index in [0.29, 0.717) is 0 Å². The molecule has 1 saturated heterocycles. The van der Waals surface area contributed by atoms with Gasteiger partial charge >= 0.3 is 0 Å². The van der Waals surface area contributed by atoms with Gasteiger partial charge in [-0.05, 0) is 52.4 Å². The quantitative estimate of drug-likeness (QED) is 0.577. The molecule has 2 N–H and O–H groups in total. The van der Waals surface area contributed by atoms with E-state index < -0.39 is 0 Å². The Bertz CT molecular complexity index is 134. The van der Waals surface area contributed by atoms with E-state index in [9.17, 15) is 4.79 Å². The first kappa shape index (κ1) is 18.9. The molecular formula is C14H32N2O. The summed E-state index contributed by atoms with van der Waals surface area (Å²) in [4.78, 5) is 12.6. The van der Waals surface area contributed by atoms with E-state index in [1.54, 1.807) is 0 Å². The van der Waals surface area contributed by atoms with Crippen LogP contribution in [0.3, 0.4) is 0 Å². The number of unbranched alkanes of at least 4 members (excludes halogenated alkanes) is 3. The van der Waals surface area contributed by atoms with Crippen LogP contribution in [0.1, 0.15) is 58.8 Å². The Hall–Kier alpha value is -0.410. The summed E-state index contributed by atoms with van der Waals surface area (Å²) < 4.78 is 0. The average molecular weight is 244 g/mol. The summed E-state index contributed by atoms with van der Waals surface area (Å²) in [6.45, 7) is 7.85. The van der Waals surface area contributed by atoms with E-state index >= 15 is 0 Å². The van der Waals surface area contributed by atoms with E-state index in [1.807, 2.05) is 13.8 Å². The number of nitrogens with zero attached hydrogens (tertiary/aromatic N) is 1. The lowest BCUT2D eigenvalue weighted by molar-refractivity contribution is -0.107. The molecule has 3 nitrogen and oxygen atoms in total. The van der Waals surface area contributed by atoms with Gasteiger partial charge < -0.3 is 15.4 Å². The number of carbonyl (C=O) groups is 1. The fourth-order valence-electron chi connectivity index (χ4n) is 1.92. The van der Waals surface area contributed by atoms with Gasteiger partial charge in [-0.15, -0.1) is 0 Å². The average Bonchev–Trinajstić information content (AvgIpc) is 2.44. The SMILES string of the molecule is CC.CN.O=CCCCCCN1CCCCC1. The molecule has 0 aliphatic carbocycles. The van der Waals surface area contributed by atoms with Crippen molar-refractivity contribution < 1.29 is 4.79 Å². The molecule has 0 radical (unpaired) electrons. The standard InChI is InChI=1S/C11H21NO.C2H6.CH5N/c13-11-7-2-1-4-8-12-9-5-3-6-10-12;2*1-2/h11H,1-10H2;1-2H3;2H2,1H3. The van der Waals surface area contributed by atoms with Gasteiger partial charge in [0.15, 0.2) is 0 Å². The van der Waals surface area contributed by atoms with Crippen molar-refractivity contribution in [2.24, 2.45) is 5.73 Å². The predicted octanol–water partition coefficient (Wildman–Crippen LogP) is 2.83. The third-order valence-electron chi connectivity index (χ3n) is 2.75. The Labute approximate surface area is 108 Å². The van der Waals surface area contributed by atoms with Crippen LogP contribution in [0.4, 0.5) is 0 Å². The van der Waals surface area contributed by atoms with Gasteiger partial charge in [0.1, 0.15) is 6.29 Å². The summed E-state index contributed by atoms with van der Waals surface area (Å²) >= 11 is 0. The fourth-order valence-corrected chi connectivity index (χ4v) is 1.92. The number of carbonyl (C=O) groups excluding carboxylic acids is 1. The van der Waals surface area contributed by atoms with Crippen molar-refractivity contribution >= 4 is 6.29 Å². The summed E-state index contributed by atoms with van der Waals surface area (Å²) in [6, 6.07) is 0. The van der Waals surface area contributed by atoms with E-state index in [0.717, 1.165) is 19.1 Å². The number of piperidine rings is 1. The molecular weight excluding hydrogens is 212 g/mol. The second kappa shape index (κ2) is 18.0. The van der Waals surface area contributed by atoms with Gasteiger partial charge in [-0.1, -0.05) is 26.7 Å². The molecule has 0 saturated carbocycles. The molecule has 0 amide bonds. The third-order valence-corrected chi connectivity index (χ3v) is 2.75. The van der Waals surface area contributed by atoms with Crippen LogP contribution in [-0.2, 0) is 4.79 Å². The highest BCUT2D eigenvalue weighted by molar-refractivity contribution is 5.48. The molecule has 3 heteroatoms. The van der Waals surface area contributed by atoms with Crippen LogP contribution in [0.25, 0.3) is 0 Å². The molecule has 0 aromatic heterocycles. The predicted molar refractivity (Wildman–Crippen MR) is 76.3 cm³/mol. The largest absolute Gasteiger partial charge is 0.333 e. The highest BCUT2D eigenvalue weighted by atomic mass is 16.1. The molecule has 1 fully saturated rings. The molecule has 104 valence electrons. The summed E-state index contributed by atoms with van der Waals surface area (Å²) in [6.07, 6.45) is 9.53. The number of aldehydes is 1. The van der Waals surface area contributed by atoms with Gasteiger partial charge in [0.05, 0.1) is 0 Å². The van der Waals surface area contributed by atoms with Crippen molar-refractivity contribution in [3.8, 4) is 0 Å². The highest BCUT2D eigenvalue weighted by Crippen LogP contribution is 2.09. The zero-order chi connectivity index (χ0) is 13.4. The van der Waals surface area contributed by atoms with Crippen LogP contribution in [0, 0.1) is 0 Å². The molecule has 0 bridgehead atoms. The Morgan fingerprint density at radius 3 is 2.12 bits per heavy atom. The first-order chi connectivity index (χ1) is 8.43. The lowest BCUT2D eigenvalue weighted by Crippen LogP contribution is -2.30. The summed E-state index contributed by atoms with van der Waals surface area (Å²) in [5, 5.41) is 0. The van der Waals surface area contributed by atoms with Crippen molar-refractivity contribution in [3.63, 3.8) is 0 Å². The molecule has 17 heavy (non-hydrogen) atoms. The van der Waals surface area contributed by atoms with Crippen LogP contribution in [0.2, 0.25) is 0 Å². The highest BCUT2D eigenvalue weighted by Gasteiger charge is 2.08. The Morgan fingerprint density at radius 2 is 1.59 bits per heavy atom. The van der Waals surface area contributed by atoms with Gasteiger partial charge in [0.2, 0.25) is 0 Å². The summed E-state index contributed by atoms with van der Waals surface area (Å²) in [5.41, 5.74) is 4.50. The smallest absolute Gasteiger partial charge is 0.119 e. The number of nitrogens with two attached hydrogens (primary N) is 1. The minimum Gasteiger partial charge on any atom is -0.333 e. The molecule has 1 heterocycles. The third kappa shape index (κ3) is 13.5. The maximum atomic E-state index is 10.1. The van der Waals surface area contributed by atoms with Gasteiger partial charge in [-0.25, -0.2) is 0 Å². The molecule has 0 atom stereocenters. The second-order valence-electron chi connectivity index (χ2n) is 3.92. The monoisotopic (exact) mass is 244 g/mol. The van der Waals surface area contributed by atoms with Gasteiger partial charge in [0.25, 0.3) is 0 Å². The van der Waals surface area contributed by atoms with Crippen molar-refractivity contribution in [2.45, 2.75) is 58.8 Å². The van der Waals surface area contributed by atoms with Crippen LogP contribution in [-0.4, -0.2) is 37.9 Å². The number of likely N-dealkylation sites (tertiary alicyclic amines) is 1. The first-order valence-corrected chi connectivity index (χ1v) is 7.17. The van der Waals surface area contributed by atoms with Crippen LogP contribution >= 0.6 is 0 Å². The lowest BCUT2D eigenvalue weighted by Gasteiger charge is -2.26. The van der Waals surface area contributed by atoms with E-state index in [4.69, 9.17) is 0 Å². The Morgan fingerprint density at radius 1 is 1.00 bits per heavy atom. The van der Waals surface area contributed by atoms with Crippen molar-refractivity contribution in [1.29, 1.82) is 0 Å². The van der Waals surface area contributed by atoms with E-state index in [2.05, 4.69) is 10.6 Å². The number of hydrogen-bond donors (Lipinski definition) is 1. The van der Waals surface area contributed by atoms with Crippen LogP contribution in [0.15, 0.2) is 0 Å². The Kier molecular flexibility index (Phi) is 20.0. The molecule has 1 aliphatic rings. The normalized spacial score (nSPS) is 15.1. The van der Waals surface area contributed by atoms with E-state index in [-0.39, 0.29) is 0 Å². The number of hydrogen-bond acceptors (Lipinski definition) is 3. The summed E-state index contributed by atoms with van der Waals surface area (Å²) in [7, 11) is 1.50. The van der Waals surface area contributed by atoms with Crippen LogP contribution < -0.4 is 5.73 Å². The molecule has 1 aliphatic heterocycles. The minimum atomic E-state index is 0.750. The van der Waals surface area contributed by atoms with Gasteiger partial charge in [-0.2, -0.15) is 0 Å². The van der Waals surface area contributed by atoms with Crippen LogP contribution in [0.5, 0.6) is 0 Å². The molecule has 0 aromatic rings. The number of rotatable bonds is 6. The van der Waals surface area contributed by atoms with E-state index in [1.165, 1.54) is 58.8 Å². The van der Waals surface area contributed by atoms with Gasteiger partial charge in [-0.3, -0.25) is 0 Å². The second-order valence-corrected chi connectivity index (χ2v) is 3.92. The van der Waals surface area contributed by atoms with Crippen molar-refractivity contribution in [2.75, 3.05) is 26.7 Å². The molecule has 0 aromatic carbocycles. The maximum Gasteiger partial charge on any atom is 0.119 e. The minimum absolute atomic E-state index is 0.750.